The summed E-state index contributed by atoms with van der Waals surface area (Å²) in [5.41, 5.74) is 2.13. The summed E-state index contributed by atoms with van der Waals surface area (Å²) < 4.78 is 5.12. The monoisotopic (exact) mass is 342 g/mol. The second-order valence-electron chi connectivity index (χ2n) is 6.62. The van der Waals surface area contributed by atoms with Gasteiger partial charge in [-0.15, -0.1) is 0 Å². The van der Waals surface area contributed by atoms with E-state index >= 15 is 0 Å². The molecular formula is C19H26N4O2. The summed E-state index contributed by atoms with van der Waals surface area (Å²) in [5.74, 6) is 1.29. The van der Waals surface area contributed by atoms with Crippen molar-refractivity contribution >= 4 is 6.03 Å². The van der Waals surface area contributed by atoms with Crippen LogP contribution in [0.3, 0.4) is 0 Å². The topological polar surface area (TPSA) is 70.4 Å². The smallest absolute Gasteiger partial charge is 0.315 e. The first-order valence-corrected chi connectivity index (χ1v) is 8.87. The molecule has 1 aliphatic rings. The van der Waals surface area contributed by atoms with Crippen molar-refractivity contribution in [3.8, 4) is 0 Å². The number of nitrogens with zero attached hydrogens (tertiary/aromatic N) is 2. The molecule has 0 saturated carbocycles. The molecule has 0 radical (unpaired) electrons. The fourth-order valence-corrected chi connectivity index (χ4v) is 3.15. The fraction of sp³-hybridized carbons (Fsp3) is 0.474. The van der Waals surface area contributed by atoms with Crippen LogP contribution in [-0.4, -0.2) is 35.5 Å². The SMILES string of the molecule is Cc1ocnc1CNC(=O)NCC1CCN(Cc2ccccc2)CC1. The number of hydrogen-bond donors (Lipinski definition) is 2. The number of piperidine rings is 1. The summed E-state index contributed by atoms with van der Waals surface area (Å²) >= 11 is 0. The highest BCUT2D eigenvalue weighted by Crippen LogP contribution is 2.18. The van der Waals surface area contributed by atoms with Gasteiger partial charge in [0.2, 0.25) is 0 Å². The van der Waals surface area contributed by atoms with Crippen LogP contribution in [0.4, 0.5) is 4.79 Å². The lowest BCUT2D eigenvalue weighted by Crippen LogP contribution is -2.41. The number of likely N-dealkylation sites (tertiary alicyclic amines) is 1. The van der Waals surface area contributed by atoms with Gasteiger partial charge in [0.15, 0.2) is 6.39 Å². The Morgan fingerprint density at radius 1 is 1.24 bits per heavy atom. The van der Waals surface area contributed by atoms with Crippen LogP contribution in [-0.2, 0) is 13.1 Å². The Morgan fingerprint density at radius 3 is 2.68 bits per heavy atom. The van der Waals surface area contributed by atoms with E-state index in [2.05, 4.69) is 50.8 Å². The lowest BCUT2D eigenvalue weighted by Gasteiger charge is -2.32. The van der Waals surface area contributed by atoms with Crippen molar-refractivity contribution in [1.82, 2.24) is 20.5 Å². The second kappa shape index (κ2) is 8.67. The molecule has 1 aromatic carbocycles. The van der Waals surface area contributed by atoms with E-state index in [4.69, 9.17) is 4.42 Å². The van der Waals surface area contributed by atoms with Gasteiger partial charge in [-0.25, -0.2) is 9.78 Å². The molecule has 2 amide bonds. The van der Waals surface area contributed by atoms with Crippen molar-refractivity contribution in [3.63, 3.8) is 0 Å². The maximum atomic E-state index is 11.9. The van der Waals surface area contributed by atoms with Crippen molar-refractivity contribution < 1.29 is 9.21 Å². The van der Waals surface area contributed by atoms with Crippen LogP contribution in [0.2, 0.25) is 0 Å². The minimum Gasteiger partial charge on any atom is -0.448 e. The van der Waals surface area contributed by atoms with Gasteiger partial charge in [0.25, 0.3) is 0 Å². The number of nitrogens with one attached hydrogen (secondary N) is 2. The Morgan fingerprint density at radius 2 is 2.00 bits per heavy atom. The van der Waals surface area contributed by atoms with Gasteiger partial charge in [-0.1, -0.05) is 30.3 Å². The van der Waals surface area contributed by atoms with E-state index in [-0.39, 0.29) is 6.03 Å². The van der Waals surface area contributed by atoms with Crippen LogP contribution in [0.5, 0.6) is 0 Å². The maximum absolute atomic E-state index is 11.9. The molecule has 2 heterocycles. The van der Waals surface area contributed by atoms with E-state index in [1.807, 2.05) is 6.92 Å². The first kappa shape index (κ1) is 17.5. The minimum absolute atomic E-state index is 0.144. The third kappa shape index (κ3) is 5.32. The van der Waals surface area contributed by atoms with Crippen LogP contribution in [0.1, 0.15) is 29.9 Å². The van der Waals surface area contributed by atoms with E-state index in [1.54, 1.807) is 0 Å². The number of carbonyl (C=O) groups is 1. The summed E-state index contributed by atoms with van der Waals surface area (Å²) in [4.78, 5) is 18.5. The zero-order valence-electron chi connectivity index (χ0n) is 14.7. The van der Waals surface area contributed by atoms with Crippen molar-refractivity contribution in [2.75, 3.05) is 19.6 Å². The number of urea groups is 1. The number of benzene rings is 1. The van der Waals surface area contributed by atoms with Gasteiger partial charge in [0, 0.05) is 13.1 Å². The van der Waals surface area contributed by atoms with Crippen LogP contribution in [0, 0.1) is 12.8 Å². The number of amides is 2. The third-order valence-corrected chi connectivity index (χ3v) is 4.77. The van der Waals surface area contributed by atoms with E-state index in [0.717, 1.165) is 50.5 Å². The van der Waals surface area contributed by atoms with Crippen LogP contribution >= 0.6 is 0 Å². The minimum atomic E-state index is -0.144. The van der Waals surface area contributed by atoms with E-state index in [1.165, 1.54) is 12.0 Å². The number of aryl methyl sites for hydroxylation is 1. The highest BCUT2D eigenvalue weighted by atomic mass is 16.3. The highest BCUT2D eigenvalue weighted by molar-refractivity contribution is 5.73. The normalized spacial score (nSPS) is 15.9. The summed E-state index contributed by atoms with van der Waals surface area (Å²) in [5, 5.41) is 5.80. The summed E-state index contributed by atoms with van der Waals surface area (Å²) in [6.45, 7) is 6.14. The third-order valence-electron chi connectivity index (χ3n) is 4.77. The van der Waals surface area contributed by atoms with Gasteiger partial charge >= 0.3 is 6.03 Å². The lowest BCUT2D eigenvalue weighted by molar-refractivity contribution is 0.175. The number of oxazole rings is 1. The predicted molar refractivity (Wildman–Crippen MR) is 95.9 cm³/mol. The van der Waals surface area contributed by atoms with Gasteiger partial charge < -0.3 is 15.1 Å². The molecule has 2 aromatic rings. The summed E-state index contributed by atoms with van der Waals surface area (Å²) in [6.07, 6.45) is 3.64. The molecule has 1 saturated heterocycles. The highest BCUT2D eigenvalue weighted by Gasteiger charge is 2.19. The molecule has 2 N–H and O–H groups in total. The van der Waals surface area contributed by atoms with Gasteiger partial charge in [-0.2, -0.15) is 0 Å². The molecule has 1 aliphatic heterocycles. The quantitative estimate of drug-likeness (QED) is 0.847. The molecule has 25 heavy (non-hydrogen) atoms. The lowest BCUT2D eigenvalue weighted by atomic mass is 9.96. The van der Waals surface area contributed by atoms with E-state index in [0.29, 0.717) is 12.5 Å². The van der Waals surface area contributed by atoms with Crippen LogP contribution in [0.15, 0.2) is 41.1 Å². The predicted octanol–water partition coefficient (Wildman–Crippen LogP) is 2.69. The van der Waals surface area contributed by atoms with Gasteiger partial charge in [0.05, 0.1) is 6.54 Å². The Labute approximate surface area is 148 Å². The number of aromatic nitrogens is 1. The Balaban J connectivity index is 1.32. The molecule has 6 nitrogen and oxygen atoms in total. The Hall–Kier alpha value is -2.34. The summed E-state index contributed by atoms with van der Waals surface area (Å²) in [7, 11) is 0. The van der Waals surface area contributed by atoms with Crippen molar-refractivity contribution in [2.24, 2.45) is 5.92 Å². The number of carbonyl (C=O) groups excluding carboxylic acids is 1. The molecule has 0 aliphatic carbocycles. The van der Waals surface area contributed by atoms with Gasteiger partial charge in [-0.3, -0.25) is 4.90 Å². The molecule has 134 valence electrons. The summed E-state index contributed by atoms with van der Waals surface area (Å²) in [6, 6.07) is 10.4. The molecule has 0 spiro atoms. The number of rotatable bonds is 6. The second-order valence-corrected chi connectivity index (χ2v) is 6.62. The van der Waals surface area contributed by atoms with Gasteiger partial charge in [0.1, 0.15) is 11.5 Å². The molecule has 6 heteroatoms. The zero-order chi connectivity index (χ0) is 17.5. The molecule has 3 rings (SSSR count). The average molecular weight is 342 g/mol. The van der Waals surface area contributed by atoms with Gasteiger partial charge in [-0.05, 0) is 44.3 Å². The van der Waals surface area contributed by atoms with E-state index < -0.39 is 0 Å². The standard InChI is InChI=1S/C19H26N4O2/c1-15-18(22-14-25-15)12-21-19(24)20-11-16-7-9-23(10-8-16)13-17-5-3-2-4-6-17/h2-6,14,16H,7-13H2,1H3,(H2,20,21,24). The first-order chi connectivity index (χ1) is 12.2. The van der Waals surface area contributed by atoms with Crippen molar-refractivity contribution in [2.45, 2.75) is 32.9 Å². The van der Waals surface area contributed by atoms with Crippen LogP contribution < -0.4 is 10.6 Å². The maximum Gasteiger partial charge on any atom is 0.315 e. The molecule has 1 aromatic heterocycles. The molecular weight excluding hydrogens is 316 g/mol. The Kier molecular flexibility index (Phi) is 6.06. The zero-order valence-corrected chi connectivity index (χ0v) is 14.7. The number of hydrogen-bond acceptors (Lipinski definition) is 4. The van der Waals surface area contributed by atoms with Crippen LogP contribution in [0.25, 0.3) is 0 Å². The molecule has 0 bridgehead atoms. The Bertz CT molecular complexity index is 663. The fourth-order valence-electron chi connectivity index (χ4n) is 3.15. The molecule has 0 atom stereocenters. The van der Waals surface area contributed by atoms with E-state index in [9.17, 15) is 4.79 Å². The molecule has 1 fully saturated rings. The first-order valence-electron chi connectivity index (χ1n) is 8.87. The average Bonchev–Trinajstić information content (AvgIpc) is 3.05. The molecule has 0 unspecified atom stereocenters. The van der Waals surface area contributed by atoms with Crippen molar-refractivity contribution in [3.05, 3.63) is 53.7 Å². The van der Waals surface area contributed by atoms with Crippen molar-refractivity contribution in [1.29, 1.82) is 0 Å². The largest absolute Gasteiger partial charge is 0.448 e.